The highest BCUT2D eigenvalue weighted by Crippen LogP contribution is 2.35. The van der Waals surface area contributed by atoms with Gasteiger partial charge < -0.3 is 14.8 Å². The second-order valence-electron chi connectivity index (χ2n) is 7.17. The second kappa shape index (κ2) is 10.2. The lowest BCUT2D eigenvalue weighted by atomic mass is 10.2. The molecule has 0 unspecified atom stereocenters. The number of nitrogens with zero attached hydrogens (tertiary/aromatic N) is 2. The average molecular weight is 486 g/mol. The molecule has 0 atom stereocenters. The van der Waals surface area contributed by atoms with Crippen LogP contribution in [0.4, 0.5) is 17.1 Å². The van der Waals surface area contributed by atoms with Gasteiger partial charge in [0.15, 0.2) is 0 Å². The molecule has 0 spiro atoms. The van der Waals surface area contributed by atoms with E-state index in [0.717, 1.165) is 4.31 Å². The van der Waals surface area contributed by atoms with Crippen LogP contribution in [0.15, 0.2) is 71.6 Å². The van der Waals surface area contributed by atoms with Crippen LogP contribution < -0.4 is 19.1 Å². The van der Waals surface area contributed by atoms with Gasteiger partial charge in [-0.3, -0.25) is 19.2 Å². The van der Waals surface area contributed by atoms with E-state index in [9.17, 15) is 23.3 Å². The van der Waals surface area contributed by atoms with Gasteiger partial charge in [0.1, 0.15) is 18.0 Å². The summed E-state index contributed by atoms with van der Waals surface area (Å²) >= 11 is 0. The number of non-ortho nitro benzene ring substituents is 1. The molecule has 3 aromatic carbocycles. The van der Waals surface area contributed by atoms with Crippen LogP contribution in [0.2, 0.25) is 0 Å². The van der Waals surface area contributed by atoms with Crippen molar-refractivity contribution in [2.45, 2.75) is 11.8 Å². The fourth-order valence-electron chi connectivity index (χ4n) is 3.19. The molecule has 1 N–H and O–H groups in total. The van der Waals surface area contributed by atoms with Crippen LogP contribution >= 0.6 is 0 Å². The van der Waals surface area contributed by atoms with Crippen LogP contribution in [-0.2, 0) is 14.8 Å². The average Bonchev–Trinajstić information content (AvgIpc) is 2.83. The van der Waals surface area contributed by atoms with Crippen molar-refractivity contribution in [3.05, 3.63) is 82.4 Å². The molecule has 34 heavy (non-hydrogen) atoms. The number of rotatable bonds is 9. The molecule has 0 saturated heterocycles. The Morgan fingerprint density at radius 1 is 1.03 bits per heavy atom. The van der Waals surface area contributed by atoms with Gasteiger partial charge in [-0.25, -0.2) is 8.42 Å². The molecule has 0 aliphatic carbocycles. The standard InChI is InChI=1S/C23H23N3O7S/c1-16-9-10-17(26(28)29)13-20(16)24-23(27)15-25(34(30,31)19-7-5-4-6-8-19)21-12-11-18(32-2)14-22(21)33-3/h4-14H,15H2,1-3H3,(H,24,27). The van der Waals surface area contributed by atoms with Crippen molar-refractivity contribution in [3.8, 4) is 11.5 Å². The van der Waals surface area contributed by atoms with Gasteiger partial charge in [-0.1, -0.05) is 24.3 Å². The summed E-state index contributed by atoms with van der Waals surface area (Å²) in [6.07, 6.45) is 0. The Hall–Kier alpha value is -4.12. The normalized spacial score (nSPS) is 10.9. The summed E-state index contributed by atoms with van der Waals surface area (Å²) in [5.41, 5.74) is 0.709. The second-order valence-corrected chi connectivity index (χ2v) is 9.03. The van der Waals surface area contributed by atoms with Crippen LogP contribution in [0.1, 0.15) is 5.56 Å². The third-order valence-corrected chi connectivity index (χ3v) is 6.75. The van der Waals surface area contributed by atoms with Gasteiger partial charge in [-0.05, 0) is 36.8 Å². The van der Waals surface area contributed by atoms with Crippen molar-refractivity contribution in [3.63, 3.8) is 0 Å². The van der Waals surface area contributed by atoms with E-state index in [4.69, 9.17) is 9.47 Å². The summed E-state index contributed by atoms with van der Waals surface area (Å²) in [5.74, 6) is -0.0755. The lowest BCUT2D eigenvalue weighted by molar-refractivity contribution is -0.384. The molecule has 1 amide bonds. The largest absolute Gasteiger partial charge is 0.497 e. The number of sulfonamides is 1. The van der Waals surface area contributed by atoms with Gasteiger partial charge >= 0.3 is 0 Å². The van der Waals surface area contributed by atoms with E-state index in [1.807, 2.05) is 0 Å². The summed E-state index contributed by atoms with van der Waals surface area (Å²) in [6, 6.07) is 16.2. The molecular formula is C23H23N3O7S. The summed E-state index contributed by atoms with van der Waals surface area (Å²) in [7, 11) is -1.35. The molecule has 3 aromatic rings. The van der Waals surface area contributed by atoms with E-state index in [1.54, 1.807) is 31.2 Å². The lowest BCUT2D eigenvalue weighted by Gasteiger charge is -2.26. The number of hydrogen-bond donors (Lipinski definition) is 1. The highest BCUT2D eigenvalue weighted by Gasteiger charge is 2.30. The zero-order chi connectivity index (χ0) is 24.9. The third kappa shape index (κ3) is 5.26. The Morgan fingerprint density at radius 3 is 2.35 bits per heavy atom. The van der Waals surface area contributed by atoms with Crippen LogP contribution in [0.25, 0.3) is 0 Å². The predicted molar refractivity (Wildman–Crippen MR) is 127 cm³/mol. The Morgan fingerprint density at radius 2 is 1.74 bits per heavy atom. The minimum absolute atomic E-state index is 0.0211. The number of hydrogen-bond acceptors (Lipinski definition) is 7. The number of nitro benzene ring substituents is 1. The molecule has 0 aliphatic heterocycles. The van der Waals surface area contributed by atoms with E-state index >= 15 is 0 Å². The van der Waals surface area contributed by atoms with Crippen molar-refractivity contribution < 1.29 is 27.6 Å². The first-order valence-electron chi connectivity index (χ1n) is 10.0. The zero-order valence-corrected chi connectivity index (χ0v) is 19.5. The maximum atomic E-state index is 13.5. The number of carbonyl (C=O) groups is 1. The number of methoxy groups -OCH3 is 2. The molecule has 0 aromatic heterocycles. The van der Waals surface area contributed by atoms with Gasteiger partial charge in [0, 0.05) is 18.2 Å². The van der Waals surface area contributed by atoms with Crippen molar-refractivity contribution >= 4 is 33.0 Å². The molecule has 11 heteroatoms. The molecule has 10 nitrogen and oxygen atoms in total. The van der Waals surface area contributed by atoms with E-state index in [0.29, 0.717) is 11.3 Å². The number of benzene rings is 3. The smallest absolute Gasteiger partial charge is 0.271 e. The van der Waals surface area contributed by atoms with E-state index in [-0.39, 0.29) is 27.7 Å². The van der Waals surface area contributed by atoms with Crippen LogP contribution in [-0.4, -0.2) is 40.0 Å². The molecular weight excluding hydrogens is 462 g/mol. The highest BCUT2D eigenvalue weighted by molar-refractivity contribution is 7.92. The number of aryl methyl sites for hydroxylation is 1. The molecule has 0 bridgehead atoms. The monoisotopic (exact) mass is 485 g/mol. The van der Waals surface area contributed by atoms with Crippen molar-refractivity contribution in [2.75, 3.05) is 30.4 Å². The van der Waals surface area contributed by atoms with Crippen molar-refractivity contribution in [1.82, 2.24) is 0 Å². The number of anilines is 2. The Labute approximate surface area is 196 Å². The van der Waals surface area contributed by atoms with Crippen molar-refractivity contribution in [1.29, 1.82) is 0 Å². The van der Waals surface area contributed by atoms with E-state index in [2.05, 4.69) is 5.32 Å². The minimum atomic E-state index is -4.18. The third-order valence-electron chi connectivity index (χ3n) is 4.98. The zero-order valence-electron chi connectivity index (χ0n) is 18.7. The van der Waals surface area contributed by atoms with Crippen LogP contribution in [0.3, 0.4) is 0 Å². The fourth-order valence-corrected chi connectivity index (χ4v) is 4.64. The Balaban J connectivity index is 2.03. The first-order chi connectivity index (χ1) is 16.2. The van der Waals surface area contributed by atoms with Gasteiger partial charge in [0.05, 0.1) is 35.4 Å². The number of nitrogens with one attached hydrogen (secondary N) is 1. The highest BCUT2D eigenvalue weighted by atomic mass is 32.2. The number of amides is 1. The van der Waals surface area contributed by atoms with Gasteiger partial charge in [-0.15, -0.1) is 0 Å². The van der Waals surface area contributed by atoms with E-state index < -0.39 is 27.4 Å². The molecule has 0 saturated carbocycles. The number of nitro groups is 1. The van der Waals surface area contributed by atoms with Gasteiger partial charge in [-0.2, -0.15) is 0 Å². The lowest BCUT2D eigenvalue weighted by Crippen LogP contribution is -2.38. The Kier molecular flexibility index (Phi) is 7.37. The summed E-state index contributed by atoms with van der Waals surface area (Å²) in [5, 5.41) is 13.7. The first-order valence-corrected chi connectivity index (χ1v) is 11.5. The summed E-state index contributed by atoms with van der Waals surface area (Å²) in [4.78, 5) is 23.5. The molecule has 178 valence electrons. The molecule has 0 heterocycles. The fraction of sp³-hybridized carbons (Fsp3) is 0.174. The van der Waals surface area contributed by atoms with Crippen molar-refractivity contribution in [2.24, 2.45) is 0 Å². The number of ether oxygens (including phenoxy) is 2. The first kappa shape index (κ1) is 24.5. The van der Waals surface area contributed by atoms with Gasteiger partial charge in [0.25, 0.3) is 15.7 Å². The van der Waals surface area contributed by atoms with Crippen LogP contribution in [0, 0.1) is 17.0 Å². The molecule has 3 rings (SSSR count). The SMILES string of the molecule is COc1ccc(N(CC(=O)Nc2cc([N+](=O)[O-])ccc2C)S(=O)(=O)c2ccccc2)c(OC)c1. The summed E-state index contributed by atoms with van der Waals surface area (Å²) < 4.78 is 38.5. The predicted octanol–water partition coefficient (Wildman–Crippen LogP) is 3.75. The van der Waals surface area contributed by atoms with E-state index in [1.165, 1.54) is 56.7 Å². The quantitative estimate of drug-likeness (QED) is 0.361. The maximum absolute atomic E-state index is 13.5. The topological polar surface area (TPSA) is 128 Å². The minimum Gasteiger partial charge on any atom is -0.497 e. The molecule has 0 fully saturated rings. The summed E-state index contributed by atoms with van der Waals surface area (Å²) in [6.45, 7) is 1.06. The molecule has 0 aliphatic rings. The number of carbonyl (C=O) groups excluding carboxylic acids is 1. The molecule has 0 radical (unpaired) electrons. The van der Waals surface area contributed by atoms with Crippen LogP contribution in [0.5, 0.6) is 11.5 Å². The Bertz CT molecular complexity index is 1310. The van der Waals surface area contributed by atoms with Gasteiger partial charge in [0.2, 0.25) is 5.91 Å². The maximum Gasteiger partial charge on any atom is 0.271 e.